The fraction of sp³-hybridized carbons (Fsp3) is 0.421. The van der Waals surface area contributed by atoms with Crippen LogP contribution in [0, 0.1) is 0 Å². The molecule has 0 N–H and O–H groups in total. The molecular formula is C19H21N3O3. The Morgan fingerprint density at radius 3 is 2.84 bits per heavy atom. The van der Waals surface area contributed by atoms with Crippen molar-refractivity contribution in [1.29, 1.82) is 0 Å². The van der Waals surface area contributed by atoms with Gasteiger partial charge in [0, 0.05) is 24.4 Å². The van der Waals surface area contributed by atoms with Crippen molar-refractivity contribution < 1.29 is 14.3 Å². The Kier molecular flexibility index (Phi) is 3.92. The summed E-state index contributed by atoms with van der Waals surface area (Å²) in [5, 5.41) is 0. The van der Waals surface area contributed by atoms with Crippen LogP contribution < -0.4 is 4.74 Å². The molecule has 1 fully saturated rings. The van der Waals surface area contributed by atoms with E-state index < -0.39 is 5.72 Å². The first-order valence-electron chi connectivity index (χ1n) is 8.52. The van der Waals surface area contributed by atoms with E-state index in [4.69, 9.17) is 9.47 Å². The summed E-state index contributed by atoms with van der Waals surface area (Å²) in [6, 6.07) is 7.77. The minimum absolute atomic E-state index is 0.0676. The number of para-hydroxylation sites is 1. The summed E-state index contributed by atoms with van der Waals surface area (Å²) in [5.41, 5.74) is 1.30. The fourth-order valence-electron chi connectivity index (χ4n) is 3.77. The summed E-state index contributed by atoms with van der Waals surface area (Å²) in [6.07, 6.45) is 5.85. The maximum atomic E-state index is 13.1. The summed E-state index contributed by atoms with van der Waals surface area (Å²) in [4.78, 5) is 23.0. The topological polar surface area (TPSA) is 64.6 Å². The lowest BCUT2D eigenvalue weighted by atomic mass is 9.96. The van der Waals surface area contributed by atoms with Crippen LogP contribution in [0.1, 0.15) is 37.4 Å². The van der Waals surface area contributed by atoms with Crippen LogP contribution in [-0.2, 0) is 16.0 Å². The van der Waals surface area contributed by atoms with Gasteiger partial charge >= 0.3 is 0 Å². The number of aryl methyl sites for hydroxylation is 1. The van der Waals surface area contributed by atoms with E-state index in [1.165, 1.54) is 6.33 Å². The minimum atomic E-state index is -0.666. The molecule has 6 nitrogen and oxygen atoms in total. The van der Waals surface area contributed by atoms with Crippen molar-refractivity contribution in [3.05, 3.63) is 54.1 Å². The molecule has 0 saturated carbocycles. The number of ether oxygens (including phenoxy) is 2. The lowest BCUT2D eigenvalue weighted by molar-refractivity contribution is -0.147. The third-order valence-electron chi connectivity index (χ3n) is 4.80. The minimum Gasteiger partial charge on any atom is -0.490 e. The highest BCUT2D eigenvalue weighted by atomic mass is 16.6. The van der Waals surface area contributed by atoms with Crippen LogP contribution in [0.25, 0.3) is 0 Å². The third-order valence-corrected chi connectivity index (χ3v) is 4.80. The van der Waals surface area contributed by atoms with Gasteiger partial charge in [-0.3, -0.25) is 4.79 Å². The van der Waals surface area contributed by atoms with Gasteiger partial charge in [0.1, 0.15) is 30.5 Å². The lowest BCUT2D eigenvalue weighted by Gasteiger charge is -2.35. The second-order valence-electron chi connectivity index (χ2n) is 6.91. The SMILES string of the molecule is CC1(C)O[C@@H]2COc3ccccc3[C@@H]2N1C(=O)CCc1cncnc1. The summed E-state index contributed by atoms with van der Waals surface area (Å²) >= 11 is 0. The molecular weight excluding hydrogens is 318 g/mol. The molecule has 0 spiro atoms. The van der Waals surface area contributed by atoms with Crippen molar-refractivity contribution in [3.63, 3.8) is 0 Å². The first-order valence-corrected chi connectivity index (χ1v) is 8.52. The molecule has 1 aromatic heterocycles. The first kappa shape index (κ1) is 16.0. The molecule has 1 amide bonds. The average Bonchev–Trinajstić information content (AvgIpc) is 2.91. The first-order chi connectivity index (χ1) is 12.1. The summed E-state index contributed by atoms with van der Waals surface area (Å²) < 4.78 is 12.0. The van der Waals surface area contributed by atoms with Gasteiger partial charge in [0.25, 0.3) is 0 Å². The van der Waals surface area contributed by atoms with Gasteiger partial charge in [-0.1, -0.05) is 18.2 Å². The standard InChI is InChI=1S/C19H21N3O3/c1-19(2)22(17(23)8-7-13-9-20-12-21-10-13)18-14-5-3-4-6-15(14)24-11-16(18)25-19/h3-6,9-10,12,16,18H,7-8,11H2,1-2H3/t16-,18+/m1/s1. The van der Waals surface area contributed by atoms with E-state index >= 15 is 0 Å². The zero-order valence-corrected chi connectivity index (χ0v) is 14.4. The third kappa shape index (κ3) is 2.87. The molecule has 0 radical (unpaired) electrons. The van der Waals surface area contributed by atoms with Crippen LogP contribution in [0.4, 0.5) is 0 Å². The number of hydrogen-bond acceptors (Lipinski definition) is 5. The number of amides is 1. The van der Waals surface area contributed by atoms with Gasteiger partial charge in [0.15, 0.2) is 0 Å². The number of hydrogen-bond donors (Lipinski definition) is 0. The van der Waals surface area contributed by atoms with Gasteiger partial charge in [-0.2, -0.15) is 0 Å². The number of carbonyl (C=O) groups excluding carboxylic acids is 1. The molecule has 2 aliphatic heterocycles. The predicted molar refractivity (Wildman–Crippen MR) is 90.8 cm³/mol. The monoisotopic (exact) mass is 339 g/mol. The Hall–Kier alpha value is -2.47. The fourth-order valence-corrected chi connectivity index (χ4v) is 3.77. The van der Waals surface area contributed by atoms with Crippen molar-refractivity contribution >= 4 is 5.91 Å². The normalized spacial score (nSPS) is 23.5. The lowest BCUT2D eigenvalue weighted by Crippen LogP contribution is -2.45. The molecule has 2 aromatic rings. The zero-order valence-electron chi connectivity index (χ0n) is 14.4. The maximum Gasteiger partial charge on any atom is 0.225 e. The average molecular weight is 339 g/mol. The molecule has 6 heteroatoms. The molecule has 4 rings (SSSR count). The van der Waals surface area contributed by atoms with E-state index in [9.17, 15) is 4.79 Å². The van der Waals surface area contributed by atoms with E-state index in [2.05, 4.69) is 9.97 Å². The molecule has 0 aliphatic carbocycles. The van der Waals surface area contributed by atoms with Crippen LogP contribution >= 0.6 is 0 Å². The Bertz CT molecular complexity index is 778. The summed E-state index contributed by atoms with van der Waals surface area (Å²) in [7, 11) is 0. The number of rotatable bonds is 3. The van der Waals surface area contributed by atoms with Crippen LogP contribution in [0.3, 0.4) is 0 Å². The second kappa shape index (κ2) is 6.11. The Labute approximate surface area is 146 Å². The number of benzene rings is 1. The van der Waals surface area contributed by atoms with Gasteiger partial charge in [-0.05, 0) is 31.9 Å². The molecule has 3 heterocycles. The molecule has 1 saturated heterocycles. The molecule has 0 bridgehead atoms. The van der Waals surface area contributed by atoms with Gasteiger partial charge in [0.05, 0.1) is 6.04 Å². The van der Waals surface area contributed by atoms with Crippen LogP contribution in [0.15, 0.2) is 43.0 Å². The highest BCUT2D eigenvalue weighted by molar-refractivity contribution is 5.78. The molecule has 0 unspecified atom stereocenters. The second-order valence-corrected chi connectivity index (χ2v) is 6.91. The molecule has 25 heavy (non-hydrogen) atoms. The number of aromatic nitrogens is 2. The van der Waals surface area contributed by atoms with Crippen molar-refractivity contribution in [3.8, 4) is 5.75 Å². The van der Waals surface area contributed by atoms with Gasteiger partial charge < -0.3 is 14.4 Å². The van der Waals surface area contributed by atoms with Crippen LogP contribution in [-0.4, -0.2) is 39.2 Å². The van der Waals surface area contributed by atoms with E-state index in [0.29, 0.717) is 19.4 Å². The van der Waals surface area contributed by atoms with Crippen LogP contribution in [0.2, 0.25) is 0 Å². The van der Waals surface area contributed by atoms with Gasteiger partial charge in [-0.25, -0.2) is 9.97 Å². The summed E-state index contributed by atoms with van der Waals surface area (Å²) in [5.74, 6) is 0.900. The molecule has 1 aromatic carbocycles. The highest BCUT2D eigenvalue weighted by Gasteiger charge is 2.52. The van der Waals surface area contributed by atoms with Crippen LogP contribution in [0.5, 0.6) is 5.75 Å². The van der Waals surface area contributed by atoms with E-state index in [1.807, 2.05) is 43.0 Å². The Morgan fingerprint density at radius 2 is 2.04 bits per heavy atom. The Balaban J connectivity index is 1.60. The van der Waals surface area contributed by atoms with E-state index in [0.717, 1.165) is 16.9 Å². The molecule has 2 atom stereocenters. The van der Waals surface area contributed by atoms with E-state index in [1.54, 1.807) is 12.4 Å². The van der Waals surface area contributed by atoms with Crippen molar-refractivity contribution in [2.45, 2.75) is 44.6 Å². The number of nitrogens with zero attached hydrogens (tertiary/aromatic N) is 3. The highest BCUT2D eigenvalue weighted by Crippen LogP contribution is 2.47. The predicted octanol–water partition coefficient (Wildman–Crippen LogP) is 2.51. The van der Waals surface area contributed by atoms with Gasteiger partial charge in [-0.15, -0.1) is 0 Å². The quantitative estimate of drug-likeness (QED) is 0.860. The van der Waals surface area contributed by atoms with Crippen molar-refractivity contribution in [2.24, 2.45) is 0 Å². The van der Waals surface area contributed by atoms with Crippen molar-refractivity contribution in [2.75, 3.05) is 6.61 Å². The van der Waals surface area contributed by atoms with Crippen molar-refractivity contribution in [1.82, 2.24) is 14.9 Å². The zero-order chi connectivity index (χ0) is 17.4. The smallest absolute Gasteiger partial charge is 0.225 e. The molecule has 2 aliphatic rings. The Morgan fingerprint density at radius 1 is 1.28 bits per heavy atom. The maximum absolute atomic E-state index is 13.1. The largest absolute Gasteiger partial charge is 0.490 e. The number of fused-ring (bicyclic) bond motifs is 3. The van der Waals surface area contributed by atoms with E-state index in [-0.39, 0.29) is 18.1 Å². The summed E-state index contributed by atoms with van der Waals surface area (Å²) in [6.45, 7) is 4.34. The van der Waals surface area contributed by atoms with Gasteiger partial charge in [0.2, 0.25) is 5.91 Å². The number of carbonyl (C=O) groups is 1. The molecule has 130 valence electrons.